The van der Waals surface area contributed by atoms with E-state index in [0.717, 1.165) is 24.8 Å². The van der Waals surface area contributed by atoms with Gasteiger partial charge in [-0.2, -0.15) is 0 Å². The van der Waals surface area contributed by atoms with Crippen molar-refractivity contribution in [2.24, 2.45) is 10.9 Å². The van der Waals surface area contributed by atoms with Crippen molar-refractivity contribution >= 4 is 16.0 Å². The van der Waals surface area contributed by atoms with E-state index in [1.165, 1.54) is 55.5 Å². The molecule has 0 saturated heterocycles. The van der Waals surface area contributed by atoms with E-state index in [4.69, 9.17) is 0 Å². The fourth-order valence-corrected chi connectivity index (χ4v) is 4.23. The summed E-state index contributed by atoms with van der Waals surface area (Å²) in [6.45, 7) is 4.58. The fourth-order valence-electron chi connectivity index (χ4n) is 3.31. The van der Waals surface area contributed by atoms with Crippen molar-refractivity contribution < 1.29 is 8.42 Å². The third-order valence-electron chi connectivity index (χ3n) is 4.73. The average Bonchev–Trinajstić information content (AvgIpc) is 3.04. The Morgan fingerprint density at radius 2 is 1.75 bits per heavy atom. The molecule has 0 aromatic rings. The van der Waals surface area contributed by atoms with Gasteiger partial charge in [0, 0.05) is 33.2 Å². The van der Waals surface area contributed by atoms with Crippen LogP contribution in [0, 0.1) is 5.92 Å². The highest BCUT2D eigenvalue weighted by molar-refractivity contribution is 7.88. The Labute approximate surface area is 148 Å². The number of hydrogen-bond acceptors (Lipinski definition) is 3. The number of sulfonamides is 1. The molecule has 1 aliphatic carbocycles. The fraction of sp³-hybridized carbons (Fsp3) is 0.941. The molecule has 0 unspecified atom stereocenters. The van der Waals surface area contributed by atoms with Gasteiger partial charge in [-0.25, -0.2) is 12.7 Å². The average molecular weight is 361 g/mol. The minimum Gasteiger partial charge on any atom is -0.356 e. The maximum atomic E-state index is 11.5. The predicted molar refractivity (Wildman–Crippen MR) is 102 cm³/mol. The van der Waals surface area contributed by atoms with E-state index in [1.54, 1.807) is 7.05 Å². The van der Waals surface area contributed by atoms with Gasteiger partial charge >= 0.3 is 0 Å². The zero-order chi connectivity index (χ0) is 17.8. The second-order valence-electron chi connectivity index (χ2n) is 6.68. The quantitative estimate of drug-likeness (QED) is 0.336. The third-order valence-corrected chi connectivity index (χ3v) is 6.11. The van der Waals surface area contributed by atoms with Crippen LogP contribution in [0.3, 0.4) is 0 Å². The first-order valence-corrected chi connectivity index (χ1v) is 11.2. The van der Waals surface area contributed by atoms with Gasteiger partial charge in [-0.1, -0.05) is 45.4 Å². The van der Waals surface area contributed by atoms with Crippen molar-refractivity contribution in [2.45, 2.75) is 58.3 Å². The number of unbranched alkanes of at least 4 members (excludes halogenated alkanes) is 1. The molecule has 2 N–H and O–H groups in total. The van der Waals surface area contributed by atoms with Gasteiger partial charge in [0.1, 0.15) is 0 Å². The summed E-state index contributed by atoms with van der Waals surface area (Å²) in [6.07, 6.45) is 11.6. The molecular formula is C17H36N4O2S. The van der Waals surface area contributed by atoms with Crippen LogP contribution in [-0.4, -0.2) is 58.2 Å². The lowest BCUT2D eigenvalue weighted by molar-refractivity contribution is 0.424. The van der Waals surface area contributed by atoms with Crippen LogP contribution in [0.1, 0.15) is 58.3 Å². The lowest BCUT2D eigenvalue weighted by Crippen LogP contribution is -2.39. The molecule has 1 aliphatic rings. The Morgan fingerprint density at radius 3 is 2.29 bits per heavy atom. The highest BCUT2D eigenvalue weighted by Crippen LogP contribution is 2.28. The second kappa shape index (κ2) is 11.7. The SMILES string of the molecule is CCN(CCCNC(=NC)NCCCCC1CCCC1)S(C)(=O)=O. The summed E-state index contributed by atoms with van der Waals surface area (Å²) in [7, 11) is -1.32. The minimum atomic E-state index is -3.09. The van der Waals surface area contributed by atoms with Crippen molar-refractivity contribution in [3.05, 3.63) is 0 Å². The number of nitrogens with zero attached hydrogens (tertiary/aromatic N) is 2. The summed E-state index contributed by atoms with van der Waals surface area (Å²) >= 11 is 0. The zero-order valence-corrected chi connectivity index (χ0v) is 16.5. The lowest BCUT2D eigenvalue weighted by Gasteiger charge is -2.18. The molecule has 142 valence electrons. The van der Waals surface area contributed by atoms with Crippen molar-refractivity contribution in [2.75, 3.05) is 39.5 Å². The number of rotatable bonds is 11. The lowest BCUT2D eigenvalue weighted by atomic mass is 10.0. The summed E-state index contributed by atoms with van der Waals surface area (Å²) < 4.78 is 24.5. The van der Waals surface area contributed by atoms with E-state index >= 15 is 0 Å². The zero-order valence-electron chi connectivity index (χ0n) is 15.7. The van der Waals surface area contributed by atoms with Gasteiger partial charge in [-0.3, -0.25) is 4.99 Å². The summed E-state index contributed by atoms with van der Waals surface area (Å²) in [4.78, 5) is 4.21. The number of nitrogens with one attached hydrogen (secondary N) is 2. The highest BCUT2D eigenvalue weighted by atomic mass is 32.2. The molecule has 0 aromatic heterocycles. The van der Waals surface area contributed by atoms with Crippen LogP contribution >= 0.6 is 0 Å². The normalized spacial score (nSPS) is 16.8. The van der Waals surface area contributed by atoms with Crippen LogP contribution in [0.25, 0.3) is 0 Å². The topological polar surface area (TPSA) is 73.8 Å². The first-order chi connectivity index (χ1) is 11.5. The molecule has 24 heavy (non-hydrogen) atoms. The van der Waals surface area contributed by atoms with E-state index in [2.05, 4.69) is 15.6 Å². The maximum Gasteiger partial charge on any atom is 0.211 e. The molecular weight excluding hydrogens is 324 g/mol. The molecule has 7 heteroatoms. The Balaban J connectivity index is 2.07. The Kier molecular flexibility index (Phi) is 10.3. The highest BCUT2D eigenvalue weighted by Gasteiger charge is 2.14. The molecule has 0 amide bonds. The van der Waals surface area contributed by atoms with Crippen LogP contribution in [0.4, 0.5) is 0 Å². The smallest absolute Gasteiger partial charge is 0.211 e. The number of hydrogen-bond donors (Lipinski definition) is 2. The van der Waals surface area contributed by atoms with Crippen molar-refractivity contribution in [1.29, 1.82) is 0 Å². The van der Waals surface area contributed by atoms with Gasteiger partial charge in [0.25, 0.3) is 0 Å². The van der Waals surface area contributed by atoms with Gasteiger partial charge in [-0.15, -0.1) is 0 Å². The molecule has 6 nitrogen and oxygen atoms in total. The van der Waals surface area contributed by atoms with Gasteiger partial charge in [0.2, 0.25) is 10.0 Å². The second-order valence-corrected chi connectivity index (χ2v) is 8.66. The Hall–Kier alpha value is -0.820. The summed E-state index contributed by atoms with van der Waals surface area (Å²) in [6, 6.07) is 0. The van der Waals surface area contributed by atoms with Gasteiger partial charge in [-0.05, 0) is 18.8 Å². The standard InChI is InChI=1S/C17H36N4O2S/c1-4-21(24(3,22)23)15-9-14-20-17(18-2)19-13-8-7-12-16-10-5-6-11-16/h16H,4-15H2,1-3H3,(H2,18,19,20). The number of guanidine groups is 1. The van der Waals surface area contributed by atoms with Crippen molar-refractivity contribution in [3.63, 3.8) is 0 Å². The van der Waals surface area contributed by atoms with E-state index in [9.17, 15) is 8.42 Å². The minimum absolute atomic E-state index is 0.521. The first kappa shape index (κ1) is 21.2. The molecule has 0 radical (unpaired) electrons. The predicted octanol–water partition coefficient (Wildman–Crippen LogP) is 2.18. The summed E-state index contributed by atoms with van der Waals surface area (Å²) in [5.74, 6) is 1.78. The molecule has 1 saturated carbocycles. The molecule has 0 spiro atoms. The van der Waals surface area contributed by atoms with Gasteiger partial charge in [0.15, 0.2) is 5.96 Å². The monoisotopic (exact) mass is 360 g/mol. The number of aliphatic imine (C=N–C) groups is 1. The molecule has 0 aliphatic heterocycles. The van der Waals surface area contributed by atoms with E-state index in [0.29, 0.717) is 19.6 Å². The van der Waals surface area contributed by atoms with Crippen LogP contribution < -0.4 is 10.6 Å². The Bertz CT molecular complexity index is 459. The first-order valence-electron chi connectivity index (χ1n) is 9.37. The largest absolute Gasteiger partial charge is 0.356 e. The molecule has 0 bridgehead atoms. The van der Waals surface area contributed by atoms with E-state index in [1.807, 2.05) is 6.92 Å². The van der Waals surface area contributed by atoms with Gasteiger partial charge < -0.3 is 10.6 Å². The molecule has 1 rings (SSSR count). The molecule has 0 aromatic carbocycles. The third kappa shape index (κ3) is 8.87. The van der Waals surface area contributed by atoms with Crippen molar-refractivity contribution in [3.8, 4) is 0 Å². The molecule has 0 heterocycles. The van der Waals surface area contributed by atoms with Crippen LogP contribution in [-0.2, 0) is 10.0 Å². The molecule has 0 atom stereocenters. The van der Waals surface area contributed by atoms with Crippen molar-refractivity contribution in [1.82, 2.24) is 14.9 Å². The van der Waals surface area contributed by atoms with Crippen LogP contribution in [0.5, 0.6) is 0 Å². The van der Waals surface area contributed by atoms with Crippen LogP contribution in [0.15, 0.2) is 4.99 Å². The summed E-state index contributed by atoms with van der Waals surface area (Å²) in [5, 5.41) is 6.58. The Morgan fingerprint density at radius 1 is 1.12 bits per heavy atom. The van der Waals surface area contributed by atoms with E-state index in [-0.39, 0.29) is 0 Å². The van der Waals surface area contributed by atoms with E-state index < -0.39 is 10.0 Å². The summed E-state index contributed by atoms with van der Waals surface area (Å²) in [5.41, 5.74) is 0. The van der Waals surface area contributed by atoms with Gasteiger partial charge in [0.05, 0.1) is 6.26 Å². The molecule has 1 fully saturated rings. The maximum absolute atomic E-state index is 11.5. The van der Waals surface area contributed by atoms with Crippen LogP contribution in [0.2, 0.25) is 0 Å².